The molecule has 2 amide bonds. The van der Waals surface area contributed by atoms with Crippen molar-refractivity contribution in [2.24, 2.45) is 0 Å². The molecule has 2 aromatic carbocycles. The van der Waals surface area contributed by atoms with Crippen LogP contribution in [-0.2, 0) is 9.59 Å². The summed E-state index contributed by atoms with van der Waals surface area (Å²) in [6.07, 6.45) is 1.07. The molecular weight excluding hydrogens is 344 g/mol. The number of benzene rings is 2. The van der Waals surface area contributed by atoms with Crippen molar-refractivity contribution < 1.29 is 19.1 Å². The first kappa shape index (κ1) is 18.8. The zero-order chi connectivity index (χ0) is 19.2. The molecule has 0 aromatic heterocycles. The Morgan fingerprint density at radius 2 is 2.07 bits per heavy atom. The van der Waals surface area contributed by atoms with Crippen molar-refractivity contribution in [3.05, 3.63) is 48.0 Å². The van der Waals surface area contributed by atoms with E-state index in [4.69, 9.17) is 9.47 Å². The standard InChI is InChI=1S/C21H24N2O4/c1-3-12-26-18-7-5-4-6-16(18)22-20(24)10-11-23-17-13-15(2)8-9-19(17)27-14-21(23)25/h4-9,13H,3,10-12,14H2,1-2H3,(H,22,24). The van der Waals surface area contributed by atoms with Crippen molar-refractivity contribution in [3.63, 3.8) is 0 Å². The van der Waals surface area contributed by atoms with E-state index in [0.29, 0.717) is 36.0 Å². The van der Waals surface area contributed by atoms with Crippen molar-refractivity contribution in [2.75, 3.05) is 30.0 Å². The van der Waals surface area contributed by atoms with Gasteiger partial charge in [-0.3, -0.25) is 9.59 Å². The molecule has 0 radical (unpaired) electrons. The van der Waals surface area contributed by atoms with Gasteiger partial charge in [0, 0.05) is 13.0 Å². The SMILES string of the molecule is CCCOc1ccccc1NC(=O)CCN1C(=O)COc2ccc(C)cc21. The van der Waals surface area contributed by atoms with Crippen LogP contribution in [0, 0.1) is 6.92 Å². The van der Waals surface area contributed by atoms with Gasteiger partial charge >= 0.3 is 0 Å². The molecule has 3 rings (SSSR count). The van der Waals surface area contributed by atoms with E-state index in [-0.39, 0.29) is 24.8 Å². The summed E-state index contributed by atoms with van der Waals surface area (Å²) >= 11 is 0. The molecule has 0 unspecified atom stereocenters. The Hall–Kier alpha value is -3.02. The Morgan fingerprint density at radius 1 is 1.26 bits per heavy atom. The van der Waals surface area contributed by atoms with E-state index in [1.165, 1.54) is 0 Å². The molecule has 142 valence electrons. The fourth-order valence-corrected chi connectivity index (χ4v) is 2.89. The Bertz CT molecular complexity index is 835. The number of amides is 2. The molecule has 0 bridgehead atoms. The highest BCUT2D eigenvalue weighted by atomic mass is 16.5. The molecular formula is C21H24N2O4. The lowest BCUT2D eigenvalue weighted by Crippen LogP contribution is -2.40. The number of fused-ring (bicyclic) bond motifs is 1. The fourth-order valence-electron chi connectivity index (χ4n) is 2.89. The first-order chi connectivity index (χ1) is 13.1. The van der Waals surface area contributed by atoms with Gasteiger partial charge in [0.1, 0.15) is 11.5 Å². The number of ether oxygens (including phenoxy) is 2. The van der Waals surface area contributed by atoms with Crippen molar-refractivity contribution in [1.29, 1.82) is 0 Å². The minimum atomic E-state index is -0.170. The molecule has 6 nitrogen and oxygen atoms in total. The second-order valence-electron chi connectivity index (χ2n) is 6.45. The van der Waals surface area contributed by atoms with Crippen molar-refractivity contribution >= 4 is 23.2 Å². The van der Waals surface area contributed by atoms with Crippen LogP contribution in [-0.4, -0.2) is 31.6 Å². The first-order valence-corrected chi connectivity index (χ1v) is 9.14. The number of nitrogens with zero attached hydrogens (tertiary/aromatic N) is 1. The number of hydrogen-bond donors (Lipinski definition) is 1. The summed E-state index contributed by atoms with van der Waals surface area (Å²) in [7, 11) is 0. The van der Waals surface area contributed by atoms with Gasteiger partial charge in [-0.15, -0.1) is 0 Å². The summed E-state index contributed by atoms with van der Waals surface area (Å²) in [4.78, 5) is 26.3. The van der Waals surface area contributed by atoms with Crippen LogP contribution in [0.4, 0.5) is 11.4 Å². The molecule has 1 aliphatic rings. The largest absolute Gasteiger partial charge is 0.491 e. The maximum absolute atomic E-state index is 12.4. The van der Waals surface area contributed by atoms with E-state index in [2.05, 4.69) is 5.32 Å². The van der Waals surface area contributed by atoms with Gasteiger partial charge in [-0.25, -0.2) is 0 Å². The maximum Gasteiger partial charge on any atom is 0.265 e. The quantitative estimate of drug-likeness (QED) is 0.812. The van der Waals surface area contributed by atoms with Crippen LogP contribution < -0.4 is 19.7 Å². The third-order valence-electron chi connectivity index (χ3n) is 4.24. The number of aryl methyl sites for hydroxylation is 1. The normalized spacial score (nSPS) is 13.0. The molecule has 0 saturated heterocycles. The summed E-state index contributed by atoms with van der Waals surface area (Å²) in [6, 6.07) is 13.0. The van der Waals surface area contributed by atoms with Gasteiger partial charge in [0.15, 0.2) is 6.61 Å². The first-order valence-electron chi connectivity index (χ1n) is 9.14. The highest BCUT2D eigenvalue weighted by Crippen LogP contribution is 2.33. The maximum atomic E-state index is 12.4. The zero-order valence-corrected chi connectivity index (χ0v) is 15.7. The van der Waals surface area contributed by atoms with Gasteiger partial charge in [0.2, 0.25) is 5.91 Å². The molecule has 0 aliphatic carbocycles. The van der Waals surface area contributed by atoms with E-state index in [0.717, 1.165) is 12.0 Å². The Balaban J connectivity index is 1.65. The minimum Gasteiger partial charge on any atom is -0.491 e. The molecule has 0 spiro atoms. The number of anilines is 2. The summed E-state index contributed by atoms with van der Waals surface area (Å²) in [5.41, 5.74) is 2.38. The Kier molecular flexibility index (Phi) is 5.96. The van der Waals surface area contributed by atoms with E-state index in [1.807, 2.05) is 50.2 Å². The summed E-state index contributed by atoms with van der Waals surface area (Å²) in [6.45, 7) is 4.86. The Morgan fingerprint density at radius 3 is 2.89 bits per heavy atom. The second kappa shape index (κ2) is 8.58. The van der Waals surface area contributed by atoms with E-state index >= 15 is 0 Å². The molecule has 0 atom stereocenters. The smallest absolute Gasteiger partial charge is 0.265 e. The van der Waals surface area contributed by atoms with E-state index in [9.17, 15) is 9.59 Å². The van der Waals surface area contributed by atoms with Crippen LogP contribution in [0.2, 0.25) is 0 Å². The number of carbonyl (C=O) groups is 2. The second-order valence-corrected chi connectivity index (χ2v) is 6.45. The highest BCUT2D eigenvalue weighted by Gasteiger charge is 2.26. The predicted molar refractivity (Wildman–Crippen MR) is 105 cm³/mol. The predicted octanol–water partition coefficient (Wildman–Crippen LogP) is 3.54. The van der Waals surface area contributed by atoms with Crippen LogP contribution in [0.25, 0.3) is 0 Å². The molecule has 1 N–H and O–H groups in total. The molecule has 1 aliphatic heterocycles. The molecule has 0 saturated carbocycles. The van der Waals surface area contributed by atoms with Gasteiger partial charge in [0.05, 0.1) is 18.0 Å². The Labute approximate surface area is 159 Å². The average molecular weight is 368 g/mol. The minimum absolute atomic E-state index is 0.00856. The van der Waals surface area contributed by atoms with Crippen LogP contribution in [0.5, 0.6) is 11.5 Å². The third-order valence-corrected chi connectivity index (χ3v) is 4.24. The number of rotatable bonds is 7. The molecule has 2 aromatic rings. The molecule has 0 fully saturated rings. The van der Waals surface area contributed by atoms with Gasteiger partial charge < -0.3 is 19.7 Å². The van der Waals surface area contributed by atoms with E-state index in [1.54, 1.807) is 11.0 Å². The van der Waals surface area contributed by atoms with Crippen molar-refractivity contribution in [2.45, 2.75) is 26.7 Å². The van der Waals surface area contributed by atoms with Gasteiger partial charge in [-0.2, -0.15) is 0 Å². The number of hydrogen-bond acceptors (Lipinski definition) is 4. The molecule has 1 heterocycles. The number of para-hydroxylation sites is 2. The van der Waals surface area contributed by atoms with Crippen molar-refractivity contribution in [1.82, 2.24) is 0 Å². The van der Waals surface area contributed by atoms with E-state index < -0.39 is 0 Å². The third kappa shape index (κ3) is 4.58. The van der Waals surface area contributed by atoms with Gasteiger partial charge in [-0.05, 0) is 43.2 Å². The molecule has 6 heteroatoms. The van der Waals surface area contributed by atoms with Gasteiger partial charge in [-0.1, -0.05) is 25.1 Å². The average Bonchev–Trinajstić information content (AvgIpc) is 2.66. The van der Waals surface area contributed by atoms with Crippen LogP contribution in [0.3, 0.4) is 0 Å². The molecule has 27 heavy (non-hydrogen) atoms. The van der Waals surface area contributed by atoms with Crippen LogP contribution in [0.15, 0.2) is 42.5 Å². The van der Waals surface area contributed by atoms with Gasteiger partial charge in [0.25, 0.3) is 5.91 Å². The van der Waals surface area contributed by atoms with Crippen molar-refractivity contribution in [3.8, 4) is 11.5 Å². The monoisotopic (exact) mass is 368 g/mol. The lowest BCUT2D eigenvalue weighted by molar-refractivity contribution is -0.121. The van der Waals surface area contributed by atoms with Crippen LogP contribution in [0.1, 0.15) is 25.3 Å². The number of nitrogens with one attached hydrogen (secondary N) is 1. The topological polar surface area (TPSA) is 67.9 Å². The lowest BCUT2D eigenvalue weighted by Gasteiger charge is -2.29. The fraction of sp³-hybridized carbons (Fsp3) is 0.333. The zero-order valence-electron chi connectivity index (χ0n) is 15.7. The van der Waals surface area contributed by atoms with Crippen LogP contribution >= 0.6 is 0 Å². The number of carbonyl (C=O) groups excluding carboxylic acids is 2. The summed E-state index contributed by atoms with van der Waals surface area (Å²) in [5.74, 6) is 0.999. The lowest BCUT2D eigenvalue weighted by atomic mass is 10.1. The summed E-state index contributed by atoms with van der Waals surface area (Å²) < 4.78 is 11.1. The highest BCUT2D eigenvalue weighted by molar-refractivity contribution is 5.99. The summed E-state index contributed by atoms with van der Waals surface area (Å²) in [5, 5.41) is 2.88.